The van der Waals surface area contributed by atoms with E-state index in [1.807, 2.05) is 6.07 Å². The average molecular weight is 289 g/mol. The highest BCUT2D eigenvalue weighted by Crippen LogP contribution is 2.33. The molecule has 0 aromatic heterocycles. The predicted molar refractivity (Wildman–Crippen MR) is 79.3 cm³/mol. The highest BCUT2D eigenvalue weighted by atomic mass is 19.1. The fourth-order valence-corrected chi connectivity index (χ4v) is 2.87. The van der Waals surface area contributed by atoms with Gasteiger partial charge in [-0.1, -0.05) is 13.3 Å². The molecule has 1 aromatic rings. The van der Waals surface area contributed by atoms with Crippen LogP contribution in [-0.4, -0.2) is 19.0 Å². The molecule has 5 heteroatoms. The fourth-order valence-electron chi connectivity index (χ4n) is 2.87. The van der Waals surface area contributed by atoms with Gasteiger partial charge in [0.2, 0.25) is 5.91 Å². The van der Waals surface area contributed by atoms with Gasteiger partial charge < -0.3 is 10.6 Å². The van der Waals surface area contributed by atoms with E-state index in [9.17, 15) is 9.18 Å². The number of amides is 1. The van der Waals surface area contributed by atoms with Gasteiger partial charge in [0.05, 0.1) is 17.0 Å². The molecule has 0 spiro atoms. The van der Waals surface area contributed by atoms with Crippen LogP contribution in [0.4, 0.5) is 10.1 Å². The quantitative estimate of drug-likeness (QED) is 0.895. The molecule has 21 heavy (non-hydrogen) atoms. The molecule has 1 aliphatic heterocycles. The Morgan fingerprint density at radius 2 is 2.33 bits per heavy atom. The zero-order valence-electron chi connectivity index (χ0n) is 12.4. The van der Waals surface area contributed by atoms with Crippen molar-refractivity contribution in [3.8, 4) is 6.07 Å². The van der Waals surface area contributed by atoms with Crippen molar-refractivity contribution < 1.29 is 9.18 Å². The van der Waals surface area contributed by atoms with Gasteiger partial charge in [-0.25, -0.2) is 4.39 Å². The van der Waals surface area contributed by atoms with Crippen molar-refractivity contribution in [2.75, 3.05) is 18.4 Å². The Hall–Kier alpha value is -1.93. The molecule has 2 N–H and O–H groups in total. The molecule has 1 aliphatic rings. The van der Waals surface area contributed by atoms with Crippen LogP contribution in [0.15, 0.2) is 12.1 Å². The average Bonchev–Trinajstić information content (AvgIpc) is 2.93. The number of nitrogens with one attached hydrogen (secondary N) is 2. The normalized spacial score (nSPS) is 21.0. The lowest BCUT2D eigenvalue weighted by Crippen LogP contribution is -2.38. The minimum Gasteiger partial charge on any atom is -0.325 e. The van der Waals surface area contributed by atoms with E-state index in [0.717, 1.165) is 25.8 Å². The van der Waals surface area contributed by atoms with Gasteiger partial charge in [-0.3, -0.25) is 4.79 Å². The monoisotopic (exact) mass is 289 g/mol. The summed E-state index contributed by atoms with van der Waals surface area (Å²) in [6, 6.07) is 4.62. The number of nitrogens with zero attached hydrogens (tertiary/aromatic N) is 1. The van der Waals surface area contributed by atoms with Crippen molar-refractivity contribution >= 4 is 11.6 Å². The van der Waals surface area contributed by atoms with Gasteiger partial charge in [0, 0.05) is 17.8 Å². The van der Waals surface area contributed by atoms with Crippen LogP contribution >= 0.6 is 0 Å². The standard InChI is InChI=1S/C16H20FN3O/c1-3-4-16(5-6-19-10-16)15(21)20-14-8-12(9-18)7-13(17)11(14)2/h7-8,19H,3-6,10H2,1-2H3,(H,20,21). The number of rotatable bonds is 4. The van der Waals surface area contributed by atoms with Crippen molar-refractivity contribution in [1.82, 2.24) is 5.32 Å². The van der Waals surface area contributed by atoms with Crippen molar-refractivity contribution in [1.29, 1.82) is 5.26 Å². The summed E-state index contributed by atoms with van der Waals surface area (Å²) >= 11 is 0. The Balaban J connectivity index is 2.27. The molecular weight excluding hydrogens is 269 g/mol. The van der Waals surface area contributed by atoms with Crippen molar-refractivity contribution in [2.45, 2.75) is 33.1 Å². The molecule has 1 fully saturated rings. The molecule has 0 radical (unpaired) electrons. The predicted octanol–water partition coefficient (Wildman–Crippen LogP) is 2.72. The Labute approximate surface area is 124 Å². The molecule has 1 saturated heterocycles. The summed E-state index contributed by atoms with van der Waals surface area (Å²) in [5.74, 6) is -0.564. The molecule has 1 aromatic carbocycles. The number of nitriles is 1. The molecule has 0 aliphatic carbocycles. The first kappa shape index (κ1) is 15.5. The van der Waals surface area contributed by atoms with Crippen LogP contribution in [0.3, 0.4) is 0 Å². The lowest BCUT2D eigenvalue weighted by atomic mass is 9.81. The van der Waals surface area contributed by atoms with E-state index in [0.29, 0.717) is 17.8 Å². The molecule has 1 heterocycles. The third-order valence-corrected chi connectivity index (χ3v) is 4.18. The van der Waals surface area contributed by atoms with Crippen LogP contribution < -0.4 is 10.6 Å². The van der Waals surface area contributed by atoms with Crippen LogP contribution in [0.2, 0.25) is 0 Å². The smallest absolute Gasteiger partial charge is 0.231 e. The van der Waals surface area contributed by atoms with Gasteiger partial charge in [-0.2, -0.15) is 5.26 Å². The largest absolute Gasteiger partial charge is 0.325 e. The molecular formula is C16H20FN3O. The van der Waals surface area contributed by atoms with Crippen molar-refractivity contribution in [2.24, 2.45) is 5.41 Å². The molecule has 1 amide bonds. The Bertz CT molecular complexity index is 586. The number of carbonyl (C=O) groups excluding carboxylic acids is 1. The van der Waals surface area contributed by atoms with Crippen LogP contribution in [0, 0.1) is 29.5 Å². The second-order valence-corrected chi connectivity index (χ2v) is 5.65. The van der Waals surface area contributed by atoms with Gasteiger partial charge >= 0.3 is 0 Å². The van der Waals surface area contributed by atoms with Crippen molar-refractivity contribution in [3.63, 3.8) is 0 Å². The molecule has 4 nitrogen and oxygen atoms in total. The van der Waals surface area contributed by atoms with Crippen molar-refractivity contribution in [3.05, 3.63) is 29.1 Å². The van der Waals surface area contributed by atoms with Crippen LogP contribution in [-0.2, 0) is 4.79 Å². The third kappa shape index (κ3) is 3.06. The minimum absolute atomic E-state index is 0.0908. The van der Waals surface area contributed by atoms with Crippen LogP contribution in [0.25, 0.3) is 0 Å². The summed E-state index contributed by atoms with van der Waals surface area (Å²) in [5.41, 5.74) is 0.529. The second-order valence-electron chi connectivity index (χ2n) is 5.65. The summed E-state index contributed by atoms with van der Waals surface area (Å²) in [4.78, 5) is 12.6. The third-order valence-electron chi connectivity index (χ3n) is 4.18. The fraction of sp³-hybridized carbons (Fsp3) is 0.500. The summed E-state index contributed by atoms with van der Waals surface area (Å²) in [7, 11) is 0. The zero-order chi connectivity index (χ0) is 15.5. The number of hydrogen-bond donors (Lipinski definition) is 2. The van der Waals surface area contributed by atoms with Gasteiger partial charge in [0.1, 0.15) is 5.82 Å². The maximum Gasteiger partial charge on any atom is 0.231 e. The first-order valence-corrected chi connectivity index (χ1v) is 7.25. The number of carbonyl (C=O) groups is 1. The van der Waals surface area contributed by atoms with E-state index < -0.39 is 11.2 Å². The topological polar surface area (TPSA) is 64.9 Å². The van der Waals surface area contributed by atoms with Gasteiger partial charge in [0.15, 0.2) is 0 Å². The summed E-state index contributed by atoms with van der Waals surface area (Å²) in [6.45, 7) is 5.12. The van der Waals surface area contributed by atoms with Crippen LogP contribution in [0.1, 0.15) is 37.3 Å². The lowest BCUT2D eigenvalue weighted by Gasteiger charge is -2.27. The molecule has 1 unspecified atom stereocenters. The molecule has 2 rings (SSSR count). The Morgan fingerprint density at radius 1 is 1.57 bits per heavy atom. The first-order chi connectivity index (χ1) is 10.0. The highest BCUT2D eigenvalue weighted by molar-refractivity contribution is 5.96. The number of hydrogen-bond acceptors (Lipinski definition) is 3. The Kier molecular flexibility index (Phi) is 4.59. The van der Waals surface area contributed by atoms with E-state index in [-0.39, 0.29) is 11.5 Å². The molecule has 0 bridgehead atoms. The van der Waals surface area contributed by atoms with E-state index >= 15 is 0 Å². The number of halogens is 1. The lowest BCUT2D eigenvalue weighted by molar-refractivity contribution is -0.125. The minimum atomic E-state index is -0.474. The maximum absolute atomic E-state index is 13.8. The van der Waals surface area contributed by atoms with Gasteiger partial charge in [-0.05, 0) is 38.4 Å². The van der Waals surface area contributed by atoms with E-state index in [1.54, 1.807) is 6.92 Å². The zero-order valence-corrected chi connectivity index (χ0v) is 12.4. The van der Waals surface area contributed by atoms with Gasteiger partial charge in [-0.15, -0.1) is 0 Å². The molecule has 1 atom stereocenters. The SMILES string of the molecule is CCCC1(C(=O)Nc2cc(C#N)cc(F)c2C)CCNC1. The summed E-state index contributed by atoms with van der Waals surface area (Å²) < 4.78 is 13.8. The maximum atomic E-state index is 13.8. The first-order valence-electron chi connectivity index (χ1n) is 7.25. The summed E-state index contributed by atoms with van der Waals surface area (Å²) in [6.07, 6.45) is 2.50. The van der Waals surface area contributed by atoms with E-state index in [4.69, 9.17) is 5.26 Å². The Morgan fingerprint density at radius 3 is 2.90 bits per heavy atom. The summed E-state index contributed by atoms with van der Waals surface area (Å²) in [5, 5.41) is 15.0. The number of anilines is 1. The van der Waals surface area contributed by atoms with E-state index in [1.165, 1.54) is 12.1 Å². The van der Waals surface area contributed by atoms with E-state index in [2.05, 4.69) is 17.6 Å². The molecule has 112 valence electrons. The second kappa shape index (κ2) is 6.23. The highest BCUT2D eigenvalue weighted by Gasteiger charge is 2.40. The van der Waals surface area contributed by atoms with Gasteiger partial charge in [0.25, 0.3) is 0 Å². The number of benzene rings is 1. The van der Waals surface area contributed by atoms with Crippen LogP contribution in [0.5, 0.6) is 0 Å². The molecule has 0 saturated carbocycles.